The second-order valence-electron chi connectivity index (χ2n) is 9.21. The predicted molar refractivity (Wildman–Crippen MR) is 87.5 cm³/mol. The van der Waals surface area contributed by atoms with E-state index < -0.39 is 0 Å². The van der Waals surface area contributed by atoms with E-state index in [0.29, 0.717) is 23.2 Å². The summed E-state index contributed by atoms with van der Waals surface area (Å²) in [5.74, 6) is 3.82. The molecule has 124 valence electrons. The smallest absolute Gasteiger partial charge is 0.139 e. The number of hydrogen-bond acceptors (Lipinski definition) is 2. The Morgan fingerprint density at radius 3 is 2.59 bits per heavy atom. The number of methoxy groups -OCH3 is 1. The Labute approximate surface area is 135 Å². The molecule has 4 rings (SSSR count). The van der Waals surface area contributed by atoms with Gasteiger partial charge in [-0.1, -0.05) is 13.8 Å². The van der Waals surface area contributed by atoms with Crippen molar-refractivity contribution in [1.29, 1.82) is 0 Å². The first-order chi connectivity index (χ1) is 10.5. The summed E-state index contributed by atoms with van der Waals surface area (Å²) in [6.07, 6.45) is 11.6. The zero-order chi connectivity index (χ0) is 15.5. The molecule has 4 saturated carbocycles. The number of ketones is 1. The van der Waals surface area contributed by atoms with Crippen LogP contribution < -0.4 is 0 Å². The highest BCUT2D eigenvalue weighted by Crippen LogP contribution is 2.65. The molecular weight excluding hydrogens is 272 g/mol. The van der Waals surface area contributed by atoms with Crippen molar-refractivity contribution in [3.8, 4) is 0 Å². The molecule has 7 atom stereocenters. The molecule has 0 saturated heterocycles. The zero-order valence-corrected chi connectivity index (χ0v) is 14.6. The highest BCUT2D eigenvalue weighted by molar-refractivity contribution is 5.87. The van der Waals surface area contributed by atoms with Gasteiger partial charge in [0.25, 0.3) is 0 Å². The van der Waals surface area contributed by atoms with Gasteiger partial charge in [0, 0.05) is 18.9 Å². The van der Waals surface area contributed by atoms with Gasteiger partial charge in [-0.2, -0.15) is 0 Å². The number of carbonyl (C=O) groups excluding carboxylic acids is 1. The van der Waals surface area contributed by atoms with Gasteiger partial charge in [-0.25, -0.2) is 0 Å². The molecule has 4 aliphatic rings. The number of carbonyl (C=O) groups is 1. The Morgan fingerprint density at radius 2 is 1.82 bits per heavy atom. The lowest BCUT2D eigenvalue weighted by Crippen LogP contribution is -2.54. The molecule has 4 fully saturated rings. The van der Waals surface area contributed by atoms with Crippen LogP contribution >= 0.6 is 0 Å². The number of hydrogen-bond donors (Lipinski definition) is 0. The van der Waals surface area contributed by atoms with Gasteiger partial charge in [-0.15, -0.1) is 0 Å². The summed E-state index contributed by atoms with van der Waals surface area (Å²) in [5.41, 5.74) is 0.555. The molecular formula is C20H32O2. The summed E-state index contributed by atoms with van der Waals surface area (Å²) in [6, 6.07) is 0. The van der Waals surface area contributed by atoms with Gasteiger partial charge < -0.3 is 4.74 Å². The fourth-order valence-corrected chi connectivity index (χ4v) is 7.20. The molecule has 0 amide bonds. The Kier molecular flexibility index (Phi) is 3.49. The third-order valence-corrected chi connectivity index (χ3v) is 8.66. The highest BCUT2D eigenvalue weighted by Gasteiger charge is 2.60. The van der Waals surface area contributed by atoms with Crippen LogP contribution in [0.15, 0.2) is 0 Å². The summed E-state index contributed by atoms with van der Waals surface area (Å²) >= 11 is 0. The van der Waals surface area contributed by atoms with E-state index in [0.717, 1.165) is 30.6 Å². The second kappa shape index (κ2) is 5.06. The van der Waals surface area contributed by atoms with Gasteiger partial charge in [0.05, 0.1) is 6.10 Å². The Balaban J connectivity index is 1.60. The first-order valence-corrected chi connectivity index (χ1v) is 9.55. The van der Waals surface area contributed by atoms with Crippen molar-refractivity contribution in [3.63, 3.8) is 0 Å². The fourth-order valence-electron chi connectivity index (χ4n) is 7.20. The van der Waals surface area contributed by atoms with Crippen molar-refractivity contribution in [2.45, 2.75) is 77.7 Å². The minimum atomic E-state index is 0.0358. The Bertz CT molecular complexity index is 472. The molecule has 0 bridgehead atoms. The molecule has 0 radical (unpaired) electrons. The van der Waals surface area contributed by atoms with Gasteiger partial charge in [0.2, 0.25) is 0 Å². The molecule has 0 aliphatic heterocycles. The number of fused-ring (bicyclic) bond motifs is 5. The quantitative estimate of drug-likeness (QED) is 0.707. The van der Waals surface area contributed by atoms with Crippen molar-refractivity contribution in [1.82, 2.24) is 0 Å². The number of ether oxygens (including phenoxy) is 1. The standard InChI is InChI=1S/C20H32O2/c1-19-10-8-14(22-3)12-13(19)4-5-15-16-6-7-18(21)20(16,2)11-9-17(15)19/h13-17H,4-12H2,1-3H3/t13?,14?,15?,16?,17?,19-,20-/m0/s1. The molecule has 0 heterocycles. The minimum Gasteiger partial charge on any atom is -0.381 e. The van der Waals surface area contributed by atoms with Crippen LogP contribution in [0, 0.1) is 34.5 Å². The first kappa shape index (κ1) is 15.2. The lowest BCUT2D eigenvalue weighted by atomic mass is 9.45. The summed E-state index contributed by atoms with van der Waals surface area (Å²) in [7, 11) is 1.88. The predicted octanol–water partition coefficient (Wildman–Crippen LogP) is 4.61. The van der Waals surface area contributed by atoms with Crippen LogP contribution in [-0.2, 0) is 9.53 Å². The van der Waals surface area contributed by atoms with Crippen LogP contribution in [0.4, 0.5) is 0 Å². The average Bonchev–Trinajstić information content (AvgIpc) is 2.82. The number of rotatable bonds is 1. The van der Waals surface area contributed by atoms with Crippen molar-refractivity contribution in [3.05, 3.63) is 0 Å². The molecule has 0 aromatic carbocycles. The Morgan fingerprint density at radius 1 is 1.00 bits per heavy atom. The van der Waals surface area contributed by atoms with Gasteiger partial charge in [-0.05, 0) is 80.5 Å². The van der Waals surface area contributed by atoms with Crippen LogP contribution in [0.1, 0.15) is 71.6 Å². The normalized spacial score (nSPS) is 54.5. The van der Waals surface area contributed by atoms with E-state index in [-0.39, 0.29) is 5.41 Å². The van der Waals surface area contributed by atoms with Gasteiger partial charge in [-0.3, -0.25) is 4.79 Å². The second-order valence-corrected chi connectivity index (χ2v) is 9.21. The average molecular weight is 304 g/mol. The topological polar surface area (TPSA) is 26.3 Å². The summed E-state index contributed by atoms with van der Waals surface area (Å²) in [6.45, 7) is 4.87. The lowest BCUT2D eigenvalue weighted by molar-refractivity contribution is -0.143. The third kappa shape index (κ3) is 1.92. The SMILES string of the molecule is COC1CC[C@@]2(C)C(CCC3C2CC[C@]2(C)C(=O)CCC32)C1. The van der Waals surface area contributed by atoms with Crippen molar-refractivity contribution in [2.75, 3.05) is 7.11 Å². The maximum absolute atomic E-state index is 12.4. The minimum absolute atomic E-state index is 0.0358. The van der Waals surface area contributed by atoms with Crippen molar-refractivity contribution < 1.29 is 9.53 Å². The molecule has 4 aliphatic carbocycles. The lowest BCUT2D eigenvalue weighted by Gasteiger charge is -2.60. The monoisotopic (exact) mass is 304 g/mol. The van der Waals surface area contributed by atoms with Crippen LogP contribution in [0.3, 0.4) is 0 Å². The van der Waals surface area contributed by atoms with Crippen LogP contribution in [-0.4, -0.2) is 19.0 Å². The van der Waals surface area contributed by atoms with Crippen LogP contribution in [0.5, 0.6) is 0 Å². The molecule has 2 nitrogen and oxygen atoms in total. The zero-order valence-electron chi connectivity index (χ0n) is 14.6. The van der Waals surface area contributed by atoms with Gasteiger partial charge >= 0.3 is 0 Å². The molecule has 22 heavy (non-hydrogen) atoms. The van der Waals surface area contributed by atoms with E-state index in [1.807, 2.05) is 7.11 Å². The van der Waals surface area contributed by atoms with Gasteiger partial charge in [0.1, 0.15) is 5.78 Å². The van der Waals surface area contributed by atoms with E-state index in [2.05, 4.69) is 13.8 Å². The van der Waals surface area contributed by atoms with E-state index in [9.17, 15) is 4.79 Å². The Hall–Kier alpha value is -0.370. The molecule has 5 unspecified atom stereocenters. The summed E-state index contributed by atoms with van der Waals surface area (Å²) in [4.78, 5) is 12.4. The van der Waals surface area contributed by atoms with E-state index in [1.54, 1.807) is 0 Å². The van der Waals surface area contributed by atoms with E-state index in [4.69, 9.17) is 4.74 Å². The maximum atomic E-state index is 12.4. The molecule has 0 N–H and O–H groups in total. The first-order valence-electron chi connectivity index (χ1n) is 9.55. The largest absolute Gasteiger partial charge is 0.381 e. The molecule has 0 spiro atoms. The van der Waals surface area contributed by atoms with Crippen molar-refractivity contribution >= 4 is 5.78 Å². The molecule has 0 aromatic heterocycles. The van der Waals surface area contributed by atoms with E-state index >= 15 is 0 Å². The third-order valence-electron chi connectivity index (χ3n) is 8.66. The maximum Gasteiger partial charge on any atom is 0.139 e. The van der Waals surface area contributed by atoms with Gasteiger partial charge in [0.15, 0.2) is 0 Å². The number of Topliss-reactive ketones (excluding diaryl/α,β-unsaturated/α-hetero) is 1. The van der Waals surface area contributed by atoms with Crippen LogP contribution in [0.25, 0.3) is 0 Å². The molecule has 2 heteroatoms. The van der Waals surface area contributed by atoms with E-state index in [1.165, 1.54) is 44.9 Å². The van der Waals surface area contributed by atoms with Crippen LogP contribution in [0.2, 0.25) is 0 Å². The molecule has 0 aromatic rings. The fraction of sp³-hybridized carbons (Fsp3) is 0.950. The summed E-state index contributed by atoms with van der Waals surface area (Å²) in [5, 5.41) is 0. The highest BCUT2D eigenvalue weighted by atomic mass is 16.5. The van der Waals surface area contributed by atoms with Crippen molar-refractivity contribution in [2.24, 2.45) is 34.5 Å². The summed E-state index contributed by atoms with van der Waals surface area (Å²) < 4.78 is 5.68.